The summed E-state index contributed by atoms with van der Waals surface area (Å²) in [5, 5.41) is 7.22. The quantitative estimate of drug-likeness (QED) is 0.685. The third kappa shape index (κ3) is 4.50. The maximum Gasteiger partial charge on any atom is 0.220 e. The first kappa shape index (κ1) is 16.8. The van der Waals surface area contributed by atoms with E-state index in [1.807, 2.05) is 48.7 Å². The first-order valence-electron chi connectivity index (χ1n) is 8.18. The van der Waals surface area contributed by atoms with E-state index in [-0.39, 0.29) is 11.9 Å². The van der Waals surface area contributed by atoms with Crippen LogP contribution in [0.15, 0.2) is 65.5 Å². The molecule has 1 atom stereocenters. The summed E-state index contributed by atoms with van der Waals surface area (Å²) in [6, 6.07) is 13.2. The lowest BCUT2D eigenvalue weighted by Crippen LogP contribution is -2.31. The molecule has 2 aromatic heterocycles. The Morgan fingerprint density at radius 1 is 1.28 bits per heavy atom. The Morgan fingerprint density at radius 2 is 2.12 bits per heavy atom. The largest absolute Gasteiger partial charge is 0.497 e. The van der Waals surface area contributed by atoms with E-state index >= 15 is 0 Å². The van der Waals surface area contributed by atoms with Crippen LogP contribution in [0.5, 0.6) is 5.75 Å². The molecule has 0 radical (unpaired) electrons. The van der Waals surface area contributed by atoms with Gasteiger partial charge in [-0.2, -0.15) is 5.10 Å². The van der Waals surface area contributed by atoms with Crippen molar-refractivity contribution in [3.05, 3.63) is 72.4 Å². The Labute approximate surface area is 146 Å². The van der Waals surface area contributed by atoms with Gasteiger partial charge in [0.2, 0.25) is 5.91 Å². The van der Waals surface area contributed by atoms with E-state index in [0.29, 0.717) is 19.4 Å². The average molecular weight is 339 g/mol. The zero-order chi connectivity index (χ0) is 17.5. The second-order valence-electron chi connectivity index (χ2n) is 5.67. The van der Waals surface area contributed by atoms with Crippen LogP contribution in [0.1, 0.15) is 23.8 Å². The van der Waals surface area contributed by atoms with Gasteiger partial charge in [-0.05, 0) is 42.3 Å². The minimum atomic E-state index is -0.157. The van der Waals surface area contributed by atoms with Crippen molar-refractivity contribution in [2.75, 3.05) is 13.7 Å². The molecule has 0 aliphatic carbocycles. The molecule has 25 heavy (non-hydrogen) atoms. The molecule has 1 unspecified atom stereocenters. The van der Waals surface area contributed by atoms with Crippen molar-refractivity contribution in [2.45, 2.75) is 18.9 Å². The highest BCUT2D eigenvalue weighted by Crippen LogP contribution is 2.17. The molecule has 2 heterocycles. The molecule has 0 bridgehead atoms. The van der Waals surface area contributed by atoms with Crippen LogP contribution in [0, 0.1) is 0 Å². The molecule has 6 nitrogen and oxygen atoms in total. The number of ether oxygens (including phenoxy) is 1. The molecule has 0 aliphatic rings. The molecule has 0 saturated carbocycles. The van der Waals surface area contributed by atoms with Gasteiger partial charge < -0.3 is 14.5 Å². The number of nitrogens with one attached hydrogen (secondary N) is 1. The Kier molecular flexibility index (Phi) is 5.51. The first-order valence-corrected chi connectivity index (χ1v) is 8.18. The van der Waals surface area contributed by atoms with E-state index in [2.05, 4.69) is 10.4 Å². The lowest BCUT2D eigenvalue weighted by Gasteiger charge is -2.16. The standard InChI is InChI=1S/C19H21N3O3/c1-24-16-8-5-15(6-9-16)7-10-19(23)20-14-17(18-4-2-13-25-18)22-12-3-11-21-22/h2-6,8-9,11-13,17H,7,10,14H2,1H3,(H,20,23). The normalized spacial score (nSPS) is 11.9. The minimum absolute atomic E-state index is 0.000435. The van der Waals surface area contributed by atoms with Gasteiger partial charge in [0.05, 0.1) is 13.4 Å². The molecule has 0 spiro atoms. The van der Waals surface area contributed by atoms with E-state index in [1.165, 1.54) is 0 Å². The summed E-state index contributed by atoms with van der Waals surface area (Å²) in [4.78, 5) is 12.2. The van der Waals surface area contributed by atoms with Gasteiger partial charge >= 0.3 is 0 Å². The molecule has 1 N–H and O–H groups in total. The number of rotatable bonds is 8. The maximum absolute atomic E-state index is 12.2. The summed E-state index contributed by atoms with van der Waals surface area (Å²) in [5.74, 6) is 1.58. The van der Waals surface area contributed by atoms with Crippen LogP contribution in [0.2, 0.25) is 0 Å². The molecule has 1 amide bonds. The van der Waals surface area contributed by atoms with E-state index in [1.54, 1.807) is 24.3 Å². The highest BCUT2D eigenvalue weighted by Gasteiger charge is 2.17. The number of carbonyl (C=O) groups excluding carboxylic acids is 1. The van der Waals surface area contributed by atoms with E-state index in [9.17, 15) is 4.79 Å². The fourth-order valence-electron chi connectivity index (χ4n) is 2.62. The summed E-state index contributed by atoms with van der Waals surface area (Å²) < 4.78 is 12.4. The van der Waals surface area contributed by atoms with Gasteiger partial charge in [0.15, 0.2) is 0 Å². The molecule has 0 saturated heterocycles. The van der Waals surface area contributed by atoms with E-state index < -0.39 is 0 Å². The molecule has 130 valence electrons. The zero-order valence-electron chi connectivity index (χ0n) is 14.1. The number of hydrogen-bond acceptors (Lipinski definition) is 4. The van der Waals surface area contributed by atoms with Gasteiger partial charge in [0, 0.05) is 25.4 Å². The zero-order valence-corrected chi connectivity index (χ0v) is 14.1. The summed E-state index contributed by atoms with van der Waals surface area (Å²) in [6.45, 7) is 0.427. The van der Waals surface area contributed by atoms with Gasteiger partial charge in [-0.15, -0.1) is 0 Å². The van der Waals surface area contributed by atoms with Crippen LogP contribution in [0.25, 0.3) is 0 Å². The molecule has 0 aliphatic heterocycles. The topological polar surface area (TPSA) is 69.3 Å². The number of furan rings is 1. The van der Waals surface area contributed by atoms with E-state index in [0.717, 1.165) is 17.1 Å². The fourth-order valence-corrected chi connectivity index (χ4v) is 2.62. The highest BCUT2D eigenvalue weighted by atomic mass is 16.5. The number of benzene rings is 1. The molecule has 3 rings (SSSR count). The molecule has 3 aromatic rings. The predicted octanol–water partition coefficient (Wildman–Crippen LogP) is 2.82. The van der Waals surface area contributed by atoms with Gasteiger partial charge in [0.25, 0.3) is 0 Å². The van der Waals surface area contributed by atoms with Crippen LogP contribution in [0.4, 0.5) is 0 Å². The van der Waals surface area contributed by atoms with Crippen LogP contribution >= 0.6 is 0 Å². The maximum atomic E-state index is 12.2. The summed E-state index contributed by atoms with van der Waals surface area (Å²) >= 11 is 0. The van der Waals surface area contributed by atoms with Crippen LogP contribution in [0.3, 0.4) is 0 Å². The smallest absolute Gasteiger partial charge is 0.220 e. The van der Waals surface area contributed by atoms with Crippen molar-refractivity contribution in [2.24, 2.45) is 0 Å². The van der Waals surface area contributed by atoms with Crippen molar-refractivity contribution in [3.8, 4) is 5.75 Å². The van der Waals surface area contributed by atoms with Gasteiger partial charge in [0.1, 0.15) is 17.6 Å². The van der Waals surface area contributed by atoms with Crippen molar-refractivity contribution < 1.29 is 13.9 Å². The number of aryl methyl sites for hydroxylation is 1. The monoisotopic (exact) mass is 339 g/mol. The van der Waals surface area contributed by atoms with Crippen molar-refractivity contribution in [1.82, 2.24) is 15.1 Å². The van der Waals surface area contributed by atoms with E-state index in [4.69, 9.17) is 9.15 Å². The summed E-state index contributed by atoms with van der Waals surface area (Å²) in [5.41, 5.74) is 1.10. The van der Waals surface area contributed by atoms with Crippen LogP contribution in [-0.2, 0) is 11.2 Å². The Hall–Kier alpha value is -3.02. The molecular weight excluding hydrogens is 318 g/mol. The minimum Gasteiger partial charge on any atom is -0.497 e. The third-order valence-electron chi connectivity index (χ3n) is 4.01. The fraction of sp³-hybridized carbons (Fsp3) is 0.263. The number of amides is 1. The highest BCUT2D eigenvalue weighted by molar-refractivity contribution is 5.76. The lowest BCUT2D eigenvalue weighted by molar-refractivity contribution is -0.121. The molecular formula is C19H21N3O3. The van der Waals surface area contributed by atoms with Crippen molar-refractivity contribution in [1.29, 1.82) is 0 Å². The molecule has 0 fully saturated rings. The second kappa shape index (κ2) is 8.19. The second-order valence-corrected chi connectivity index (χ2v) is 5.67. The number of hydrogen-bond donors (Lipinski definition) is 1. The Balaban J connectivity index is 1.53. The predicted molar refractivity (Wildman–Crippen MR) is 93.4 cm³/mol. The number of nitrogens with zero attached hydrogens (tertiary/aromatic N) is 2. The number of aromatic nitrogens is 2. The molecule has 1 aromatic carbocycles. The van der Waals surface area contributed by atoms with Gasteiger partial charge in [-0.3, -0.25) is 9.48 Å². The van der Waals surface area contributed by atoms with Crippen LogP contribution in [-0.4, -0.2) is 29.3 Å². The third-order valence-corrected chi connectivity index (χ3v) is 4.01. The number of carbonyl (C=O) groups is 1. The van der Waals surface area contributed by atoms with Crippen molar-refractivity contribution in [3.63, 3.8) is 0 Å². The average Bonchev–Trinajstić information content (AvgIpc) is 3.35. The summed E-state index contributed by atoms with van der Waals surface area (Å²) in [6.07, 6.45) is 6.30. The lowest BCUT2D eigenvalue weighted by atomic mass is 10.1. The van der Waals surface area contributed by atoms with Gasteiger partial charge in [-0.1, -0.05) is 12.1 Å². The van der Waals surface area contributed by atoms with Gasteiger partial charge in [-0.25, -0.2) is 0 Å². The Bertz CT molecular complexity index is 731. The summed E-state index contributed by atoms with van der Waals surface area (Å²) in [7, 11) is 1.64. The molecule has 6 heteroatoms. The van der Waals surface area contributed by atoms with Crippen LogP contribution < -0.4 is 10.1 Å². The Morgan fingerprint density at radius 3 is 2.76 bits per heavy atom. The number of methoxy groups -OCH3 is 1. The SMILES string of the molecule is COc1ccc(CCC(=O)NCC(c2ccco2)n2cccn2)cc1. The first-order chi connectivity index (χ1) is 12.3. The van der Waals surface area contributed by atoms with Crippen molar-refractivity contribution >= 4 is 5.91 Å².